The van der Waals surface area contributed by atoms with Crippen molar-refractivity contribution >= 4 is 23.4 Å². The number of rotatable bonds is 6. The molecule has 3 amide bonds. The molecule has 29 heavy (non-hydrogen) atoms. The van der Waals surface area contributed by atoms with Crippen LogP contribution in [0, 0.1) is 13.8 Å². The number of hydrogen-bond acceptors (Lipinski definition) is 3. The molecule has 0 aliphatic heterocycles. The molecule has 0 aliphatic rings. The molecule has 0 radical (unpaired) electrons. The molecule has 0 bridgehead atoms. The molecule has 2 aromatic carbocycles. The lowest BCUT2D eigenvalue weighted by Gasteiger charge is -2.19. The Labute approximate surface area is 172 Å². The van der Waals surface area contributed by atoms with Crippen LogP contribution in [0.2, 0.25) is 0 Å². The van der Waals surface area contributed by atoms with Gasteiger partial charge in [0.15, 0.2) is 0 Å². The fourth-order valence-corrected chi connectivity index (χ4v) is 2.82. The van der Waals surface area contributed by atoms with Crippen molar-refractivity contribution in [3.63, 3.8) is 0 Å². The van der Waals surface area contributed by atoms with Gasteiger partial charge in [-0.25, -0.2) is 0 Å². The first-order valence-corrected chi connectivity index (χ1v) is 9.59. The van der Waals surface area contributed by atoms with E-state index in [1.54, 1.807) is 12.1 Å². The summed E-state index contributed by atoms with van der Waals surface area (Å²) in [5.41, 5.74) is 4.27. The summed E-state index contributed by atoms with van der Waals surface area (Å²) in [6, 6.07) is 13.0. The molecule has 3 N–H and O–H groups in total. The van der Waals surface area contributed by atoms with E-state index >= 15 is 0 Å². The van der Waals surface area contributed by atoms with E-state index in [1.165, 1.54) is 0 Å². The normalized spacial score (nSPS) is 10.9. The quantitative estimate of drug-likeness (QED) is 0.702. The van der Waals surface area contributed by atoms with Gasteiger partial charge in [0.1, 0.15) is 0 Å². The SMILES string of the molecule is Cc1cccc(C)c1NC(=O)CNC(=O)CNC(=O)c1ccc(C(C)(C)C)cc1. The van der Waals surface area contributed by atoms with Crippen LogP contribution in [0.4, 0.5) is 5.69 Å². The van der Waals surface area contributed by atoms with Crippen LogP contribution >= 0.6 is 0 Å². The lowest BCUT2D eigenvalue weighted by molar-refractivity contribution is -0.123. The Morgan fingerprint density at radius 3 is 1.90 bits per heavy atom. The Bertz CT molecular complexity index is 876. The number of amides is 3. The summed E-state index contributed by atoms with van der Waals surface area (Å²) in [6.07, 6.45) is 0. The van der Waals surface area contributed by atoms with Crippen molar-refractivity contribution in [1.29, 1.82) is 0 Å². The molecule has 0 aromatic heterocycles. The minimum absolute atomic E-state index is 0.00625. The molecule has 2 aromatic rings. The third-order valence-electron chi connectivity index (χ3n) is 4.61. The van der Waals surface area contributed by atoms with Gasteiger partial charge in [-0.1, -0.05) is 51.1 Å². The standard InChI is InChI=1S/C23H29N3O3/c1-15-7-6-8-16(2)21(15)26-20(28)14-24-19(27)13-25-22(29)17-9-11-18(12-10-17)23(3,4)5/h6-12H,13-14H2,1-5H3,(H,24,27)(H,25,29)(H,26,28). The molecule has 2 rings (SSSR count). The zero-order valence-corrected chi connectivity index (χ0v) is 17.7. The van der Waals surface area contributed by atoms with Crippen LogP contribution in [-0.2, 0) is 15.0 Å². The molecule has 0 atom stereocenters. The molecular weight excluding hydrogens is 366 g/mol. The fraction of sp³-hybridized carbons (Fsp3) is 0.348. The number of aryl methyl sites for hydroxylation is 2. The minimum Gasteiger partial charge on any atom is -0.345 e. The average molecular weight is 396 g/mol. The topological polar surface area (TPSA) is 87.3 Å². The van der Waals surface area contributed by atoms with Crippen molar-refractivity contribution in [1.82, 2.24) is 10.6 Å². The van der Waals surface area contributed by atoms with Gasteiger partial charge in [0.2, 0.25) is 11.8 Å². The fourth-order valence-electron chi connectivity index (χ4n) is 2.82. The predicted molar refractivity (Wildman–Crippen MR) is 115 cm³/mol. The van der Waals surface area contributed by atoms with E-state index in [0.717, 1.165) is 22.4 Å². The highest BCUT2D eigenvalue weighted by Gasteiger charge is 2.15. The zero-order valence-electron chi connectivity index (χ0n) is 17.7. The first kappa shape index (κ1) is 22.1. The van der Waals surface area contributed by atoms with Crippen molar-refractivity contribution in [3.05, 3.63) is 64.7 Å². The van der Waals surface area contributed by atoms with E-state index in [0.29, 0.717) is 5.56 Å². The Morgan fingerprint density at radius 2 is 1.34 bits per heavy atom. The smallest absolute Gasteiger partial charge is 0.251 e. The van der Waals surface area contributed by atoms with Crippen LogP contribution in [0.25, 0.3) is 0 Å². The van der Waals surface area contributed by atoms with E-state index in [2.05, 4.69) is 36.7 Å². The van der Waals surface area contributed by atoms with Gasteiger partial charge in [0, 0.05) is 11.3 Å². The molecule has 154 valence electrons. The lowest BCUT2D eigenvalue weighted by Crippen LogP contribution is -2.40. The predicted octanol–water partition coefficient (Wildman–Crippen LogP) is 3.09. The maximum absolute atomic E-state index is 12.2. The highest BCUT2D eigenvalue weighted by molar-refractivity contribution is 5.98. The zero-order chi connectivity index (χ0) is 21.6. The molecule has 6 nitrogen and oxygen atoms in total. The second kappa shape index (κ2) is 9.37. The molecule has 0 unspecified atom stereocenters. The molecule has 0 saturated carbocycles. The van der Waals surface area contributed by atoms with Crippen LogP contribution in [0.1, 0.15) is 47.8 Å². The van der Waals surface area contributed by atoms with Crippen molar-refractivity contribution in [3.8, 4) is 0 Å². The Hall–Kier alpha value is -3.15. The number of benzene rings is 2. The van der Waals surface area contributed by atoms with Crippen molar-refractivity contribution in [2.75, 3.05) is 18.4 Å². The summed E-state index contributed by atoms with van der Waals surface area (Å²) in [5.74, 6) is -1.08. The van der Waals surface area contributed by atoms with Crippen LogP contribution in [0.15, 0.2) is 42.5 Å². The Balaban J connectivity index is 1.79. The van der Waals surface area contributed by atoms with Crippen molar-refractivity contribution < 1.29 is 14.4 Å². The van der Waals surface area contributed by atoms with Gasteiger partial charge < -0.3 is 16.0 Å². The third kappa shape index (κ3) is 6.45. The molecule has 0 aliphatic carbocycles. The summed E-state index contributed by atoms with van der Waals surface area (Å²) >= 11 is 0. The summed E-state index contributed by atoms with van der Waals surface area (Å²) in [4.78, 5) is 36.2. The molecule has 0 spiro atoms. The number of anilines is 1. The largest absolute Gasteiger partial charge is 0.345 e. The van der Waals surface area contributed by atoms with Crippen LogP contribution in [0.5, 0.6) is 0 Å². The van der Waals surface area contributed by atoms with E-state index < -0.39 is 5.91 Å². The van der Waals surface area contributed by atoms with Gasteiger partial charge >= 0.3 is 0 Å². The highest BCUT2D eigenvalue weighted by Crippen LogP contribution is 2.22. The Morgan fingerprint density at radius 1 is 0.793 bits per heavy atom. The van der Waals surface area contributed by atoms with E-state index in [9.17, 15) is 14.4 Å². The first-order valence-electron chi connectivity index (χ1n) is 9.59. The van der Waals surface area contributed by atoms with Gasteiger partial charge in [-0.2, -0.15) is 0 Å². The number of para-hydroxylation sites is 1. The van der Waals surface area contributed by atoms with E-state index in [1.807, 2.05) is 44.2 Å². The maximum Gasteiger partial charge on any atom is 0.251 e. The van der Waals surface area contributed by atoms with Gasteiger partial charge in [0.05, 0.1) is 13.1 Å². The second-order valence-electron chi connectivity index (χ2n) is 8.10. The summed E-state index contributed by atoms with van der Waals surface area (Å²) < 4.78 is 0. The van der Waals surface area contributed by atoms with E-state index in [4.69, 9.17) is 0 Å². The number of nitrogens with one attached hydrogen (secondary N) is 3. The minimum atomic E-state index is -0.429. The average Bonchev–Trinajstić information content (AvgIpc) is 2.67. The summed E-state index contributed by atoms with van der Waals surface area (Å²) in [5, 5.41) is 7.88. The third-order valence-corrected chi connectivity index (χ3v) is 4.61. The van der Waals surface area contributed by atoms with Gasteiger partial charge in [0.25, 0.3) is 5.91 Å². The van der Waals surface area contributed by atoms with Crippen LogP contribution < -0.4 is 16.0 Å². The van der Waals surface area contributed by atoms with Gasteiger partial charge in [-0.15, -0.1) is 0 Å². The molecule has 6 heteroatoms. The van der Waals surface area contributed by atoms with Crippen LogP contribution in [0.3, 0.4) is 0 Å². The summed E-state index contributed by atoms with van der Waals surface area (Å²) in [6.45, 7) is 9.75. The molecule has 0 fully saturated rings. The number of carbonyl (C=O) groups is 3. The van der Waals surface area contributed by atoms with Crippen LogP contribution in [-0.4, -0.2) is 30.8 Å². The van der Waals surface area contributed by atoms with Crippen molar-refractivity contribution in [2.45, 2.75) is 40.0 Å². The molecule has 0 saturated heterocycles. The molecule has 0 heterocycles. The summed E-state index contributed by atoms with van der Waals surface area (Å²) in [7, 11) is 0. The lowest BCUT2D eigenvalue weighted by atomic mass is 9.87. The van der Waals surface area contributed by atoms with Crippen molar-refractivity contribution in [2.24, 2.45) is 0 Å². The number of carbonyl (C=O) groups excluding carboxylic acids is 3. The number of hydrogen-bond donors (Lipinski definition) is 3. The Kier molecular flexibility index (Phi) is 7.15. The maximum atomic E-state index is 12.2. The second-order valence-corrected chi connectivity index (χ2v) is 8.10. The van der Waals surface area contributed by atoms with E-state index in [-0.39, 0.29) is 30.3 Å². The monoisotopic (exact) mass is 395 g/mol. The highest BCUT2D eigenvalue weighted by atomic mass is 16.2. The van der Waals surface area contributed by atoms with Gasteiger partial charge in [-0.05, 0) is 48.1 Å². The molecular formula is C23H29N3O3. The first-order chi connectivity index (χ1) is 13.6. The van der Waals surface area contributed by atoms with Gasteiger partial charge in [-0.3, -0.25) is 14.4 Å².